The van der Waals surface area contributed by atoms with Gasteiger partial charge in [-0.3, -0.25) is 4.79 Å². The fraction of sp³-hybridized carbons (Fsp3) is 0.167. The molecule has 0 aliphatic rings. The second-order valence-electron chi connectivity index (χ2n) is 7.26. The van der Waals surface area contributed by atoms with Crippen molar-refractivity contribution in [2.75, 3.05) is 19.0 Å². The molecule has 3 aromatic carbocycles. The second kappa shape index (κ2) is 9.10. The van der Waals surface area contributed by atoms with Crippen LogP contribution in [0.25, 0.3) is 22.6 Å². The van der Waals surface area contributed by atoms with Crippen LogP contribution in [0, 0.1) is 13.8 Å². The van der Waals surface area contributed by atoms with Gasteiger partial charge in [0.15, 0.2) is 12.2 Å². The van der Waals surface area contributed by atoms with Gasteiger partial charge in [-0.25, -0.2) is 4.98 Å². The minimum Gasteiger partial charge on any atom is -0.495 e. The topological polar surface area (TPSA) is 73.6 Å². The van der Waals surface area contributed by atoms with E-state index in [9.17, 15) is 4.79 Å². The number of methoxy groups -OCH3 is 1. The molecule has 6 nitrogen and oxygen atoms in total. The molecule has 0 fully saturated rings. The molecule has 1 amide bonds. The standard InChI is InChI=1S/C24H20Cl2N2O4/c1-13-8-17(9-14(2)23(13)26)31-12-22(29)27-16-5-7-21-19(11-16)28-24(32-21)15-4-6-20(30-3)18(25)10-15/h4-11H,12H2,1-3H3,(H,27,29). The van der Waals surface area contributed by atoms with Crippen LogP contribution in [0.5, 0.6) is 11.5 Å². The summed E-state index contributed by atoms with van der Waals surface area (Å²) in [5.74, 6) is 1.29. The summed E-state index contributed by atoms with van der Waals surface area (Å²) >= 11 is 12.4. The molecule has 1 N–H and O–H groups in total. The number of anilines is 1. The molecule has 1 heterocycles. The summed E-state index contributed by atoms with van der Waals surface area (Å²) in [6, 6.07) is 14.1. The van der Waals surface area contributed by atoms with Crippen molar-refractivity contribution >= 4 is 45.9 Å². The largest absolute Gasteiger partial charge is 0.495 e. The van der Waals surface area contributed by atoms with Crippen molar-refractivity contribution in [2.45, 2.75) is 13.8 Å². The lowest BCUT2D eigenvalue weighted by Crippen LogP contribution is -2.20. The van der Waals surface area contributed by atoms with E-state index in [0.29, 0.717) is 44.2 Å². The lowest BCUT2D eigenvalue weighted by Gasteiger charge is -2.10. The van der Waals surface area contributed by atoms with Crippen LogP contribution in [0.1, 0.15) is 11.1 Å². The van der Waals surface area contributed by atoms with Crippen LogP contribution in [-0.2, 0) is 4.79 Å². The Hall–Kier alpha value is -3.22. The first kappa shape index (κ1) is 22.0. The fourth-order valence-corrected chi connectivity index (χ4v) is 3.63. The van der Waals surface area contributed by atoms with Crippen molar-refractivity contribution in [1.29, 1.82) is 0 Å². The predicted molar refractivity (Wildman–Crippen MR) is 126 cm³/mol. The van der Waals surface area contributed by atoms with Crippen molar-refractivity contribution in [3.05, 3.63) is 69.7 Å². The maximum Gasteiger partial charge on any atom is 0.262 e. The quantitative estimate of drug-likeness (QED) is 0.350. The summed E-state index contributed by atoms with van der Waals surface area (Å²) in [5, 5.41) is 3.97. The van der Waals surface area contributed by atoms with Crippen LogP contribution in [0.15, 0.2) is 52.9 Å². The first-order chi connectivity index (χ1) is 15.3. The van der Waals surface area contributed by atoms with Gasteiger partial charge in [-0.1, -0.05) is 23.2 Å². The molecule has 0 radical (unpaired) electrons. The van der Waals surface area contributed by atoms with E-state index in [4.69, 9.17) is 37.1 Å². The van der Waals surface area contributed by atoms with Crippen LogP contribution in [0.4, 0.5) is 5.69 Å². The molecule has 0 aliphatic heterocycles. The maximum atomic E-state index is 12.4. The highest BCUT2D eigenvalue weighted by atomic mass is 35.5. The highest BCUT2D eigenvalue weighted by Crippen LogP contribution is 2.32. The molecule has 0 spiro atoms. The van der Waals surface area contributed by atoms with E-state index in [-0.39, 0.29) is 12.5 Å². The lowest BCUT2D eigenvalue weighted by atomic mass is 10.1. The van der Waals surface area contributed by atoms with Gasteiger partial charge in [-0.15, -0.1) is 0 Å². The number of hydrogen-bond donors (Lipinski definition) is 1. The summed E-state index contributed by atoms with van der Waals surface area (Å²) in [6.45, 7) is 3.65. The number of nitrogens with one attached hydrogen (secondary N) is 1. The zero-order valence-corrected chi connectivity index (χ0v) is 19.2. The Morgan fingerprint density at radius 2 is 1.81 bits per heavy atom. The van der Waals surface area contributed by atoms with E-state index in [1.165, 1.54) is 0 Å². The number of fused-ring (bicyclic) bond motifs is 1. The Morgan fingerprint density at radius 1 is 1.06 bits per heavy atom. The van der Waals surface area contributed by atoms with Crippen molar-refractivity contribution in [3.63, 3.8) is 0 Å². The number of carbonyl (C=O) groups is 1. The molecule has 164 valence electrons. The summed E-state index contributed by atoms with van der Waals surface area (Å²) in [5.41, 5.74) is 4.30. The third kappa shape index (κ3) is 4.66. The third-order valence-corrected chi connectivity index (χ3v) is 5.74. The van der Waals surface area contributed by atoms with Gasteiger partial charge in [0.2, 0.25) is 5.89 Å². The van der Waals surface area contributed by atoms with Crippen LogP contribution in [-0.4, -0.2) is 24.6 Å². The molecule has 4 aromatic rings. The average molecular weight is 471 g/mol. The van der Waals surface area contributed by atoms with E-state index in [1.807, 2.05) is 19.9 Å². The van der Waals surface area contributed by atoms with Crippen LogP contribution >= 0.6 is 23.2 Å². The molecule has 0 saturated carbocycles. The van der Waals surface area contributed by atoms with Gasteiger partial charge in [0.1, 0.15) is 17.0 Å². The molecule has 8 heteroatoms. The molecule has 0 unspecified atom stereocenters. The highest BCUT2D eigenvalue weighted by Gasteiger charge is 2.13. The van der Waals surface area contributed by atoms with Crippen LogP contribution in [0.3, 0.4) is 0 Å². The van der Waals surface area contributed by atoms with Gasteiger partial charge in [-0.2, -0.15) is 0 Å². The van der Waals surface area contributed by atoms with Crippen molar-refractivity contribution in [2.24, 2.45) is 0 Å². The molecule has 32 heavy (non-hydrogen) atoms. The van der Waals surface area contributed by atoms with Crippen molar-refractivity contribution < 1.29 is 18.7 Å². The van der Waals surface area contributed by atoms with Crippen LogP contribution in [0.2, 0.25) is 10.0 Å². The highest BCUT2D eigenvalue weighted by molar-refractivity contribution is 6.32. The molecule has 1 aromatic heterocycles. The van der Waals surface area contributed by atoms with Gasteiger partial charge < -0.3 is 19.2 Å². The average Bonchev–Trinajstić information content (AvgIpc) is 3.19. The SMILES string of the molecule is COc1ccc(-c2nc3cc(NC(=O)COc4cc(C)c(Cl)c(C)c4)ccc3o2)cc1Cl. The lowest BCUT2D eigenvalue weighted by molar-refractivity contribution is -0.118. The minimum atomic E-state index is -0.291. The van der Waals surface area contributed by atoms with E-state index >= 15 is 0 Å². The van der Waals surface area contributed by atoms with E-state index < -0.39 is 0 Å². The van der Waals surface area contributed by atoms with Gasteiger partial charge in [-0.05, 0) is 73.5 Å². The summed E-state index contributed by atoms with van der Waals surface area (Å²) in [7, 11) is 1.55. The van der Waals surface area contributed by atoms with Crippen molar-refractivity contribution in [1.82, 2.24) is 4.98 Å². The Kier molecular flexibility index (Phi) is 6.26. The zero-order chi connectivity index (χ0) is 22.8. The normalized spacial score (nSPS) is 10.9. The van der Waals surface area contributed by atoms with Crippen LogP contribution < -0.4 is 14.8 Å². The molecule has 4 rings (SSSR count). The first-order valence-electron chi connectivity index (χ1n) is 9.78. The Labute approximate surface area is 195 Å². The summed E-state index contributed by atoms with van der Waals surface area (Å²) in [6.07, 6.45) is 0. The first-order valence-corrected chi connectivity index (χ1v) is 10.5. The van der Waals surface area contributed by atoms with E-state index in [2.05, 4.69) is 10.3 Å². The fourth-order valence-electron chi connectivity index (χ4n) is 3.26. The molecule has 0 saturated heterocycles. The van der Waals surface area contributed by atoms with Gasteiger partial charge in [0, 0.05) is 16.3 Å². The number of ether oxygens (including phenoxy) is 2. The minimum absolute atomic E-state index is 0.132. The Bertz CT molecular complexity index is 1290. The number of aromatic nitrogens is 1. The smallest absolute Gasteiger partial charge is 0.262 e. The third-order valence-electron chi connectivity index (χ3n) is 4.85. The number of aryl methyl sites for hydroxylation is 2. The number of rotatable bonds is 6. The van der Waals surface area contributed by atoms with Crippen molar-refractivity contribution in [3.8, 4) is 23.0 Å². The number of nitrogens with zero attached hydrogens (tertiary/aromatic N) is 1. The predicted octanol–water partition coefficient (Wildman–Crippen LogP) is 6.44. The number of carbonyl (C=O) groups excluding carboxylic acids is 1. The number of amides is 1. The Morgan fingerprint density at radius 3 is 2.50 bits per heavy atom. The molecular weight excluding hydrogens is 451 g/mol. The molecule has 0 atom stereocenters. The summed E-state index contributed by atoms with van der Waals surface area (Å²) in [4.78, 5) is 16.9. The zero-order valence-electron chi connectivity index (χ0n) is 17.7. The number of hydrogen-bond acceptors (Lipinski definition) is 5. The summed E-state index contributed by atoms with van der Waals surface area (Å²) < 4.78 is 16.6. The Balaban J connectivity index is 1.46. The molecule has 0 aliphatic carbocycles. The molecular formula is C24H20Cl2N2O4. The molecule has 0 bridgehead atoms. The second-order valence-corrected chi connectivity index (χ2v) is 8.04. The van der Waals surface area contributed by atoms with Gasteiger partial charge in [0.25, 0.3) is 5.91 Å². The van der Waals surface area contributed by atoms with Gasteiger partial charge in [0.05, 0.1) is 12.1 Å². The number of halogens is 2. The number of benzene rings is 3. The maximum absolute atomic E-state index is 12.4. The van der Waals surface area contributed by atoms with Gasteiger partial charge >= 0.3 is 0 Å². The monoisotopic (exact) mass is 470 g/mol. The van der Waals surface area contributed by atoms with E-state index in [1.54, 1.807) is 49.6 Å². The van der Waals surface area contributed by atoms with E-state index in [0.717, 1.165) is 16.7 Å². The number of oxazole rings is 1.